The van der Waals surface area contributed by atoms with Crippen molar-refractivity contribution < 1.29 is 14.3 Å². The van der Waals surface area contributed by atoms with Crippen LogP contribution in [-0.4, -0.2) is 12.9 Å². The summed E-state index contributed by atoms with van der Waals surface area (Å²) in [6, 6.07) is 19.9. The van der Waals surface area contributed by atoms with Crippen molar-refractivity contribution in [2.75, 3.05) is 7.11 Å². The van der Waals surface area contributed by atoms with Gasteiger partial charge in [0, 0.05) is 21.2 Å². The van der Waals surface area contributed by atoms with Gasteiger partial charge < -0.3 is 9.47 Å². The summed E-state index contributed by atoms with van der Waals surface area (Å²) in [5, 5.41) is 1.12. The standard InChI is InChI=1S/C23H18Cl2O3/c1-27-23-13-16(7-11-21(26)17-5-3-2-4-6-17)8-12-22(23)28-15-18-9-10-19(24)14-20(18)25/h2-14H,15H2,1H3/b11-7+. The van der Waals surface area contributed by atoms with Crippen LogP contribution in [0.1, 0.15) is 21.5 Å². The molecule has 3 aromatic carbocycles. The molecule has 0 aliphatic carbocycles. The van der Waals surface area contributed by atoms with E-state index < -0.39 is 0 Å². The second-order valence-corrected chi connectivity index (χ2v) is 6.84. The lowest BCUT2D eigenvalue weighted by atomic mass is 10.1. The van der Waals surface area contributed by atoms with Gasteiger partial charge in [-0.1, -0.05) is 71.7 Å². The number of halogens is 2. The van der Waals surface area contributed by atoms with Crippen molar-refractivity contribution in [3.05, 3.63) is 99.5 Å². The van der Waals surface area contributed by atoms with E-state index in [2.05, 4.69) is 0 Å². The van der Waals surface area contributed by atoms with E-state index in [4.69, 9.17) is 32.7 Å². The molecule has 0 heterocycles. The second kappa shape index (κ2) is 9.45. The fourth-order valence-electron chi connectivity index (χ4n) is 2.57. The number of hydrogen-bond donors (Lipinski definition) is 0. The average molecular weight is 413 g/mol. The highest BCUT2D eigenvalue weighted by molar-refractivity contribution is 6.35. The lowest BCUT2D eigenvalue weighted by Crippen LogP contribution is -1.99. The normalized spacial score (nSPS) is 10.8. The maximum absolute atomic E-state index is 12.2. The Labute approximate surface area is 174 Å². The number of allylic oxidation sites excluding steroid dienone is 1. The van der Waals surface area contributed by atoms with Gasteiger partial charge in [0.2, 0.25) is 0 Å². The molecule has 3 rings (SSSR count). The minimum absolute atomic E-state index is 0.0581. The second-order valence-electron chi connectivity index (χ2n) is 6.00. The molecule has 3 aromatic rings. The maximum atomic E-state index is 12.2. The highest BCUT2D eigenvalue weighted by Crippen LogP contribution is 2.30. The van der Waals surface area contributed by atoms with Crippen LogP contribution in [0.15, 0.2) is 72.8 Å². The quantitative estimate of drug-likeness (QED) is 0.329. The van der Waals surface area contributed by atoms with Crippen LogP contribution < -0.4 is 9.47 Å². The minimum Gasteiger partial charge on any atom is -0.493 e. The van der Waals surface area contributed by atoms with E-state index in [0.717, 1.165) is 11.1 Å². The summed E-state index contributed by atoms with van der Waals surface area (Å²) in [5.74, 6) is 1.09. The number of methoxy groups -OCH3 is 1. The number of rotatable bonds is 7. The number of hydrogen-bond acceptors (Lipinski definition) is 3. The Balaban J connectivity index is 1.71. The molecular weight excluding hydrogens is 395 g/mol. The highest BCUT2D eigenvalue weighted by atomic mass is 35.5. The molecule has 0 atom stereocenters. The molecule has 0 bridgehead atoms. The first kappa shape index (κ1) is 20.0. The molecule has 0 spiro atoms. The molecule has 0 aromatic heterocycles. The van der Waals surface area contributed by atoms with Crippen molar-refractivity contribution >= 4 is 35.1 Å². The first-order valence-corrected chi connectivity index (χ1v) is 9.34. The predicted octanol–water partition coefficient (Wildman–Crippen LogP) is 6.48. The number of carbonyl (C=O) groups excluding carboxylic acids is 1. The van der Waals surface area contributed by atoms with Gasteiger partial charge >= 0.3 is 0 Å². The van der Waals surface area contributed by atoms with E-state index in [-0.39, 0.29) is 12.4 Å². The maximum Gasteiger partial charge on any atom is 0.185 e. The number of benzene rings is 3. The summed E-state index contributed by atoms with van der Waals surface area (Å²) in [7, 11) is 1.57. The Morgan fingerprint density at radius 3 is 2.46 bits per heavy atom. The molecule has 0 N–H and O–H groups in total. The van der Waals surface area contributed by atoms with Crippen molar-refractivity contribution in [2.45, 2.75) is 6.61 Å². The predicted molar refractivity (Wildman–Crippen MR) is 114 cm³/mol. The number of ketones is 1. The van der Waals surface area contributed by atoms with Crippen molar-refractivity contribution in [1.82, 2.24) is 0 Å². The molecule has 142 valence electrons. The average Bonchev–Trinajstić information content (AvgIpc) is 2.72. The summed E-state index contributed by atoms with van der Waals surface area (Å²) < 4.78 is 11.3. The van der Waals surface area contributed by atoms with E-state index >= 15 is 0 Å². The summed E-state index contributed by atoms with van der Waals surface area (Å²) >= 11 is 12.1. The van der Waals surface area contributed by atoms with Gasteiger partial charge in [-0.3, -0.25) is 4.79 Å². The molecule has 0 aliphatic heterocycles. The smallest absolute Gasteiger partial charge is 0.185 e. The molecule has 0 unspecified atom stereocenters. The van der Waals surface area contributed by atoms with E-state index in [0.29, 0.717) is 27.1 Å². The summed E-state index contributed by atoms with van der Waals surface area (Å²) in [6.07, 6.45) is 3.29. The number of ether oxygens (including phenoxy) is 2. The molecule has 3 nitrogen and oxygen atoms in total. The van der Waals surface area contributed by atoms with Crippen LogP contribution in [0.4, 0.5) is 0 Å². The van der Waals surface area contributed by atoms with E-state index in [1.165, 1.54) is 6.08 Å². The summed E-state index contributed by atoms with van der Waals surface area (Å²) in [4.78, 5) is 12.2. The van der Waals surface area contributed by atoms with Crippen molar-refractivity contribution in [3.8, 4) is 11.5 Å². The Kier molecular flexibility index (Phi) is 6.75. The van der Waals surface area contributed by atoms with Crippen LogP contribution in [0.2, 0.25) is 10.0 Å². The van der Waals surface area contributed by atoms with Crippen LogP contribution in [0.5, 0.6) is 11.5 Å². The van der Waals surface area contributed by atoms with Gasteiger partial charge in [0.25, 0.3) is 0 Å². The fraction of sp³-hybridized carbons (Fsp3) is 0.0870. The third-order valence-corrected chi connectivity index (χ3v) is 4.66. The van der Waals surface area contributed by atoms with Gasteiger partial charge in [-0.2, -0.15) is 0 Å². The first-order chi connectivity index (χ1) is 13.6. The van der Waals surface area contributed by atoms with Crippen LogP contribution in [0.3, 0.4) is 0 Å². The number of carbonyl (C=O) groups is 1. The Morgan fingerprint density at radius 1 is 0.964 bits per heavy atom. The molecule has 28 heavy (non-hydrogen) atoms. The van der Waals surface area contributed by atoms with Gasteiger partial charge in [-0.05, 0) is 35.9 Å². The Morgan fingerprint density at radius 2 is 1.75 bits per heavy atom. The van der Waals surface area contributed by atoms with Crippen LogP contribution in [0.25, 0.3) is 6.08 Å². The molecular formula is C23H18Cl2O3. The van der Waals surface area contributed by atoms with Gasteiger partial charge in [-0.25, -0.2) is 0 Å². The minimum atomic E-state index is -0.0581. The van der Waals surface area contributed by atoms with Crippen LogP contribution >= 0.6 is 23.2 Å². The Bertz CT molecular complexity index is 998. The topological polar surface area (TPSA) is 35.5 Å². The van der Waals surface area contributed by atoms with Gasteiger partial charge in [0.05, 0.1) is 7.11 Å². The molecule has 0 radical (unpaired) electrons. The zero-order valence-corrected chi connectivity index (χ0v) is 16.7. The van der Waals surface area contributed by atoms with E-state index in [1.54, 1.807) is 43.5 Å². The molecule has 5 heteroatoms. The summed E-state index contributed by atoms with van der Waals surface area (Å²) in [5.41, 5.74) is 2.30. The van der Waals surface area contributed by atoms with Crippen molar-refractivity contribution in [3.63, 3.8) is 0 Å². The molecule has 0 saturated carbocycles. The first-order valence-electron chi connectivity index (χ1n) is 8.59. The van der Waals surface area contributed by atoms with Crippen molar-refractivity contribution in [1.29, 1.82) is 0 Å². The molecule has 0 saturated heterocycles. The van der Waals surface area contributed by atoms with E-state index in [1.807, 2.05) is 36.4 Å². The lowest BCUT2D eigenvalue weighted by Gasteiger charge is -2.12. The van der Waals surface area contributed by atoms with Crippen molar-refractivity contribution in [2.24, 2.45) is 0 Å². The third-order valence-electron chi connectivity index (χ3n) is 4.07. The SMILES string of the molecule is COc1cc(/C=C/C(=O)c2ccccc2)ccc1OCc1ccc(Cl)cc1Cl. The van der Waals surface area contributed by atoms with E-state index in [9.17, 15) is 4.79 Å². The Hall–Kier alpha value is -2.75. The monoisotopic (exact) mass is 412 g/mol. The zero-order valence-electron chi connectivity index (χ0n) is 15.2. The highest BCUT2D eigenvalue weighted by Gasteiger charge is 2.08. The largest absolute Gasteiger partial charge is 0.493 e. The van der Waals surface area contributed by atoms with Crippen LogP contribution in [-0.2, 0) is 6.61 Å². The lowest BCUT2D eigenvalue weighted by molar-refractivity contribution is 0.104. The van der Waals surface area contributed by atoms with Gasteiger partial charge in [0.15, 0.2) is 17.3 Å². The molecule has 0 fully saturated rings. The van der Waals surface area contributed by atoms with Gasteiger partial charge in [0.1, 0.15) is 6.61 Å². The van der Waals surface area contributed by atoms with Crippen LogP contribution in [0, 0.1) is 0 Å². The molecule has 0 aliphatic rings. The third kappa shape index (κ3) is 5.16. The zero-order chi connectivity index (χ0) is 19.9. The summed E-state index contributed by atoms with van der Waals surface area (Å²) in [6.45, 7) is 0.286. The molecule has 0 amide bonds. The fourth-order valence-corrected chi connectivity index (χ4v) is 3.03. The van der Waals surface area contributed by atoms with Gasteiger partial charge in [-0.15, -0.1) is 0 Å².